The van der Waals surface area contributed by atoms with Crippen molar-refractivity contribution >= 4 is 17.8 Å². The van der Waals surface area contributed by atoms with E-state index in [0.717, 1.165) is 11.1 Å². The van der Waals surface area contributed by atoms with Crippen LogP contribution in [-0.4, -0.2) is 43.7 Å². The number of benzene rings is 1. The second-order valence-corrected chi connectivity index (χ2v) is 5.11. The quantitative estimate of drug-likeness (QED) is 0.760. The van der Waals surface area contributed by atoms with Gasteiger partial charge in [0, 0.05) is 5.56 Å². The maximum absolute atomic E-state index is 11.9. The number of esters is 1. The molecule has 9 heteroatoms. The van der Waals surface area contributed by atoms with Crippen molar-refractivity contribution < 1.29 is 32.3 Å². The van der Waals surface area contributed by atoms with Gasteiger partial charge in [-0.25, -0.2) is 0 Å². The molecule has 0 aliphatic heterocycles. The Kier molecular flexibility index (Phi) is 6.75. The molecular weight excluding hydrogens is 329 g/mol. The Morgan fingerprint density at radius 2 is 1.62 bits per heavy atom. The first-order valence-corrected chi connectivity index (χ1v) is 6.92. The number of ether oxygens (including phenoxy) is 1. The number of rotatable bonds is 6. The van der Waals surface area contributed by atoms with Crippen molar-refractivity contribution in [2.45, 2.75) is 20.0 Å². The lowest BCUT2D eigenvalue weighted by Gasteiger charge is -2.09. The zero-order valence-corrected chi connectivity index (χ0v) is 13.1. The summed E-state index contributed by atoms with van der Waals surface area (Å²) in [5.74, 6) is -2.52. The average molecular weight is 346 g/mol. The number of hydrogen-bond acceptors (Lipinski definition) is 4. The molecule has 0 bridgehead atoms. The van der Waals surface area contributed by atoms with E-state index in [2.05, 4.69) is 10.1 Å². The number of carbonyl (C=O) groups is 3. The van der Waals surface area contributed by atoms with Gasteiger partial charge in [-0.15, -0.1) is 0 Å². The van der Waals surface area contributed by atoms with Crippen LogP contribution in [0.1, 0.15) is 21.5 Å². The molecule has 0 radical (unpaired) electrons. The van der Waals surface area contributed by atoms with E-state index in [4.69, 9.17) is 0 Å². The lowest BCUT2D eigenvalue weighted by atomic mass is 10.1. The van der Waals surface area contributed by atoms with Crippen LogP contribution in [0.3, 0.4) is 0 Å². The van der Waals surface area contributed by atoms with Gasteiger partial charge in [0.1, 0.15) is 13.1 Å². The van der Waals surface area contributed by atoms with Crippen molar-refractivity contribution in [2.75, 3.05) is 19.7 Å². The Morgan fingerprint density at radius 3 is 2.17 bits per heavy atom. The van der Waals surface area contributed by atoms with Gasteiger partial charge in [0.15, 0.2) is 6.61 Å². The maximum atomic E-state index is 11.9. The van der Waals surface area contributed by atoms with Crippen molar-refractivity contribution in [1.82, 2.24) is 10.6 Å². The summed E-state index contributed by atoms with van der Waals surface area (Å²) >= 11 is 0. The molecule has 24 heavy (non-hydrogen) atoms. The third-order valence-electron chi connectivity index (χ3n) is 2.73. The van der Waals surface area contributed by atoms with E-state index in [-0.39, 0.29) is 0 Å². The minimum atomic E-state index is -4.54. The van der Waals surface area contributed by atoms with Crippen LogP contribution in [0.4, 0.5) is 13.2 Å². The number of nitrogens with one attached hydrogen (secondary N) is 2. The third kappa shape index (κ3) is 7.61. The maximum Gasteiger partial charge on any atom is 0.405 e. The SMILES string of the molecule is Cc1cc(C)cc(C(=O)NCC(=O)OCC(=O)NCC(F)(F)F)c1. The van der Waals surface area contributed by atoms with Crippen LogP contribution in [0.5, 0.6) is 0 Å². The Morgan fingerprint density at radius 1 is 1.04 bits per heavy atom. The molecule has 0 heterocycles. The summed E-state index contributed by atoms with van der Waals surface area (Å²) in [4.78, 5) is 34.3. The monoisotopic (exact) mass is 346 g/mol. The fourth-order valence-electron chi connectivity index (χ4n) is 1.81. The average Bonchev–Trinajstić information content (AvgIpc) is 2.46. The summed E-state index contributed by atoms with van der Waals surface area (Å²) in [5.41, 5.74) is 2.12. The molecule has 0 spiro atoms. The molecular formula is C15H17F3N2O4. The van der Waals surface area contributed by atoms with E-state index < -0.39 is 43.7 Å². The first-order chi connectivity index (χ1) is 11.1. The summed E-state index contributed by atoms with van der Waals surface area (Å²) < 4.78 is 40.1. The highest BCUT2D eigenvalue weighted by molar-refractivity contribution is 5.96. The van der Waals surface area contributed by atoms with Crippen molar-refractivity contribution in [3.8, 4) is 0 Å². The van der Waals surface area contributed by atoms with Gasteiger partial charge in [-0.3, -0.25) is 14.4 Å². The lowest BCUT2D eigenvalue weighted by Crippen LogP contribution is -2.37. The van der Waals surface area contributed by atoms with E-state index in [0.29, 0.717) is 5.56 Å². The molecule has 0 aliphatic carbocycles. The van der Waals surface area contributed by atoms with Crippen molar-refractivity contribution in [3.63, 3.8) is 0 Å². The largest absolute Gasteiger partial charge is 0.454 e. The summed E-state index contributed by atoms with van der Waals surface area (Å²) in [6, 6.07) is 5.15. The van der Waals surface area contributed by atoms with E-state index >= 15 is 0 Å². The highest BCUT2D eigenvalue weighted by Crippen LogP contribution is 2.12. The number of hydrogen-bond donors (Lipinski definition) is 2. The summed E-state index contributed by atoms with van der Waals surface area (Å²) in [6.07, 6.45) is -4.54. The van der Waals surface area contributed by atoms with E-state index in [1.54, 1.807) is 17.4 Å². The van der Waals surface area contributed by atoms with Crippen LogP contribution in [-0.2, 0) is 14.3 Å². The third-order valence-corrected chi connectivity index (χ3v) is 2.73. The zero-order chi connectivity index (χ0) is 18.3. The van der Waals surface area contributed by atoms with Gasteiger partial charge in [0.2, 0.25) is 0 Å². The first kappa shape index (κ1) is 19.5. The van der Waals surface area contributed by atoms with Gasteiger partial charge < -0.3 is 15.4 Å². The molecule has 6 nitrogen and oxygen atoms in total. The smallest absolute Gasteiger partial charge is 0.405 e. The number of alkyl halides is 3. The Bertz CT molecular complexity index is 609. The molecule has 0 saturated heterocycles. The summed E-state index contributed by atoms with van der Waals surface area (Å²) in [6.45, 7) is 0.773. The molecule has 132 valence electrons. The van der Waals surface area contributed by atoms with E-state index in [9.17, 15) is 27.6 Å². The molecule has 1 rings (SSSR count). The number of aryl methyl sites for hydroxylation is 2. The second-order valence-electron chi connectivity index (χ2n) is 5.11. The van der Waals surface area contributed by atoms with Crippen molar-refractivity contribution in [1.29, 1.82) is 0 Å². The van der Waals surface area contributed by atoms with Gasteiger partial charge in [0.05, 0.1) is 0 Å². The zero-order valence-electron chi connectivity index (χ0n) is 13.1. The second kappa shape index (κ2) is 8.32. The first-order valence-electron chi connectivity index (χ1n) is 6.92. The molecule has 0 unspecified atom stereocenters. The van der Waals surface area contributed by atoms with Crippen LogP contribution in [0.25, 0.3) is 0 Å². The van der Waals surface area contributed by atoms with Gasteiger partial charge in [-0.05, 0) is 26.0 Å². The minimum absolute atomic E-state index is 0.364. The minimum Gasteiger partial charge on any atom is -0.454 e. The standard InChI is InChI=1S/C15H17F3N2O4/c1-9-3-10(2)5-11(4-9)14(23)19-6-13(22)24-7-12(21)20-8-15(16,17)18/h3-5H,6-8H2,1-2H3,(H,19,23)(H,20,21). The molecule has 0 aromatic heterocycles. The molecule has 0 fully saturated rings. The van der Waals surface area contributed by atoms with Gasteiger partial charge in [0.25, 0.3) is 11.8 Å². The highest BCUT2D eigenvalue weighted by atomic mass is 19.4. The van der Waals surface area contributed by atoms with Crippen LogP contribution in [0.2, 0.25) is 0 Å². The van der Waals surface area contributed by atoms with Crippen LogP contribution in [0, 0.1) is 13.8 Å². The van der Waals surface area contributed by atoms with E-state index in [1.807, 2.05) is 19.9 Å². The fourth-order valence-corrected chi connectivity index (χ4v) is 1.81. The summed E-state index contributed by atoms with van der Waals surface area (Å²) in [5, 5.41) is 3.86. The normalized spacial score (nSPS) is 10.9. The van der Waals surface area contributed by atoms with Gasteiger partial charge >= 0.3 is 12.1 Å². The number of carbonyl (C=O) groups excluding carboxylic acids is 3. The van der Waals surface area contributed by atoms with E-state index in [1.165, 1.54) is 0 Å². The lowest BCUT2D eigenvalue weighted by molar-refractivity contribution is -0.150. The molecule has 0 aliphatic rings. The predicted molar refractivity (Wildman–Crippen MR) is 78.3 cm³/mol. The Balaban J connectivity index is 2.35. The number of halogens is 3. The van der Waals surface area contributed by atoms with Crippen LogP contribution < -0.4 is 10.6 Å². The Labute approximate surface area is 136 Å². The molecule has 1 aromatic rings. The molecule has 0 saturated carbocycles. The predicted octanol–water partition coefficient (Wildman–Crippen LogP) is 1.25. The van der Waals surface area contributed by atoms with Crippen molar-refractivity contribution in [3.05, 3.63) is 34.9 Å². The molecule has 2 amide bonds. The molecule has 1 aromatic carbocycles. The molecule has 2 N–H and O–H groups in total. The summed E-state index contributed by atoms with van der Waals surface area (Å²) in [7, 11) is 0. The highest BCUT2D eigenvalue weighted by Gasteiger charge is 2.27. The number of amides is 2. The Hall–Kier alpha value is -2.58. The topological polar surface area (TPSA) is 84.5 Å². The van der Waals surface area contributed by atoms with Gasteiger partial charge in [-0.1, -0.05) is 17.2 Å². The van der Waals surface area contributed by atoms with Crippen LogP contribution >= 0.6 is 0 Å². The van der Waals surface area contributed by atoms with Crippen molar-refractivity contribution in [2.24, 2.45) is 0 Å². The van der Waals surface area contributed by atoms with Crippen LogP contribution in [0.15, 0.2) is 18.2 Å². The molecule has 0 atom stereocenters. The fraction of sp³-hybridized carbons (Fsp3) is 0.400. The van der Waals surface area contributed by atoms with Gasteiger partial charge in [-0.2, -0.15) is 13.2 Å².